The number of nitrogens with two attached hydrogens (primary N) is 1. The van der Waals surface area contributed by atoms with Crippen LogP contribution in [-0.2, 0) is 14.3 Å². The van der Waals surface area contributed by atoms with Crippen LogP contribution in [0.25, 0.3) is 0 Å². The highest BCUT2D eigenvalue weighted by Gasteiger charge is 2.04. The first-order valence-corrected chi connectivity index (χ1v) is 6.19. The van der Waals surface area contributed by atoms with Crippen LogP contribution >= 0.6 is 15.9 Å². The molecule has 0 fully saturated rings. The van der Waals surface area contributed by atoms with E-state index in [2.05, 4.69) is 20.7 Å². The Hall–Kier alpha value is -1.56. The number of esters is 1. The zero-order chi connectivity index (χ0) is 13.4. The fourth-order valence-corrected chi connectivity index (χ4v) is 1.43. The maximum absolute atomic E-state index is 11.1. The maximum Gasteiger partial charge on any atom is 0.306 e. The van der Waals surface area contributed by atoms with Crippen molar-refractivity contribution in [3.8, 4) is 5.75 Å². The van der Waals surface area contributed by atoms with Crippen molar-refractivity contribution in [2.24, 2.45) is 5.73 Å². The van der Waals surface area contributed by atoms with Crippen molar-refractivity contribution in [3.63, 3.8) is 0 Å². The lowest BCUT2D eigenvalue weighted by Crippen LogP contribution is -2.21. The van der Waals surface area contributed by atoms with Crippen LogP contribution in [0.1, 0.15) is 12.8 Å². The number of amides is 1. The summed E-state index contributed by atoms with van der Waals surface area (Å²) in [5.74, 6) is -0.369. The van der Waals surface area contributed by atoms with Gasteiger partial charge in [-0.2, -0.15) is 0 Å². The molecule has 1 aromatic rings. The number of primary amides is 1. The summed E-state index contributed by atoms with van der Waals surface area (Å²) in [4.78, 5) is 21.5. The Bertz CT molecular complexity index is 405. The molecule has 0 radical (unpaired) electrons. The molecule has 18 heavy (non-hydrogen) atoms. The minimum Gasteiger partial charge on any atom is -0.494 e. The fourth-order valence-electron chi connectivity index (χ4n) is 1.16. The van der Waals surface area contributed by atoms with Gasteiger partial charge in [0.15, 0.2) is 6.61 Å². The standard InChI is InChI=1S/C12H14BrNO4/c13-9-3-5-10(6-4-9)17-7-1-2-12(16)18-8-11(14)15/h3-6H,1-2,7-8H2,(H2,14,15). The van der Waals surface area contributed by atoms with Crippen LogP contribution in [0.15, 0.2) is 28.7 Å². The van der Waals surface area contributed by atoms with Crippen molar-refractivity contribution in [2.45, 2.75) is 12.8 Å². The van der Waals surface area contributed by atoms with Gasteiger partial charge in [0, 0.05) is 10.9 Å². The van der Waals surface area contributed by atoms with Gasteiger partial charge >= 0.3 is 5.97 Å². The SMILES string of the molecule is NC(=O)COC(=O)CCCOc1ccc(Br)cc1. The van der Waals surface area contributed by atoms with Crippen LogP contribution in [0.5, 0.6) is 5.75 Å². The molecule has 0 heterocycles. The molecule has 0 aliphatic rings. The predicted molar refractivity (Wildman–Crippen MR) is 69.0 cm³/mol. The number of ether oxygens (including phenoxy) is 2. The van der Waals surface area contributed by atoms with Crippen LogP contribution in [0, 0.1) is 0 Å². The Labute approximate surface area is 113 Å². The Morgan fingerprint density at radius 2 is 1.89 bits per heavy atom. The summed E-state index contributed by atoms with van der Waals surface area (Å²) in [6.45, 7) is 0.0414. The van der Waals surface area contributed by atoms with Crippen molar-refractivity contribution in [1.29, 1.82) is 0 Å². The van der Waals surface area contributed by atoms with E-state index >= 15 is 0 Å². The van der Waals surface area contributed by atoms with Crippen LogP contribution in [0.2, 0.25) is 0 Å². The van der Waals surface area contributed by atoms with Gasteiger partial charge in [0.2, 0.25) is 0 Å². The first kappa shape index (κ1) is 14.5. The number of hydrogen-bond donors (Lipinski definition) is 1. The minimum absolute atomic E-state index is 0.198. The molecule has 0 saturated heterocycles. The van der Waals surface area contributed by atoms with E-state index in [9.17, 15) is 9.59 Å². The first-order valence-electron chi connectivity index (χ1n) is 5.40. The molecule has 6 heteroatoms. The number of carbonyl (C=O) groups excluding carboxylic acids is 2. The zero-order valence-corrected chi connectivity index (χ0v) is 11.3. The van der Waals surface area contributed by atoms with E-state index in [1.54, 1.807) is 0 Å². The molecular weight excluding hydrogens is 302 g/mol. The summed E-state index contributed by atoms with van der Waals surface area (Å²) in [5, 5.41) is 0. The fraction of sp³-hybridized carbons (Fsp3) is 0.333. The Balaban J connectivity index is 2.13. The van der Waals surface area contributed by atoms with Gasteiger partial charge in [-0.25, -0.2) is 0 Å². The van der Waals surface area contributed by atoms with Gasteiger partial charge in [-0.15, -0.1) is 0 Å². The molecular formula is C12H14BrNO4. The van der Waals surface area contributed by atoms with Gasteiger partial charge < -0.3 is 15.2 Å². The lowest BCUT2D eigenvalue weighted by Gasteiger charge is -2.06. The normalized spacial score (nSPS) is 9.83. The molecule has 1 aromatic carbocycles. The Kier molecular flexibility index (Phi) is 6.21. The molecule has 1 rings (SSSR count). The molecule has 5 nitrogen and oxygen atoms in total. The largest absolute Gasteiger partial charge is 0.494 e. The van der Waals surface area contributed by atoms with Crippen molar-refractivity contribution in [1.82, 2.24) is 0 Å². The Morgan fingerprint density at radius 1 is 1.22 bits per heavy atom. The zero-order valence-electron chi connectivity index (χ0n) is 9.73. The molecule has 98 valence electrons. The van der Waals surface area contributed by atoms with Crippen molar-refractivity contribution >= 4 is 27.8 Å². The van der Waals surface area contributed by atoms with E-state index in [1.807, 2.05) is 24.3 Å². The van der Waals surface area contributed by atoms with E-state index < -0.39 is 11.9 Å². The van der Waals surface area contributed by atoms with E-state index in [1.165, 1.54) is 0 Å². The summed E-state index contributed by atoms with van der Waals surface area (Å²) in [7, 11) is 0. The smallest absolute Gasteiger partial charge is 0.306 e. The number of carbonyl (C=O) groups is 2. The third-order valence-corrected chi connectivity index (χ3v) is 2.51. The highest BCUT2D eigenvalue weighted by atomic mass is 79.9. The summed E-state index contributed by atoms with van der Waals surface area (Å²) in [5.41, 5.74) is 4.84. The van der Waals surface area contributed by atoms with Gasteiger partial charge in [0.25, 0.3) is 5.91 Å². The van der Waals surface area contributed by atoms with Gasteiger partial charge in [-0.1, -0.05) is 15.9 Å². The summed E-state index contributed by atoms with van der Waals surface area (Å²) in [6, 6.07) is 7.40. The van der Waals surface area contributed by atoms with Gasteiger partial charge in [0.1, 0.15) is 5.75 Å². The highest BCUT2D eigenvalue weighted by molar-refractivity contribution is 9.10. The molecule has 0 spiro atoms. The van der Waals surface area contributed by atoms with E-state index in [-0.39, 0.29) is 13.0 Å². The number of halogens is 1. The molecule has 0 bridgehead atoms. The van der Waals surface area contributed by atoms with Gasteiger partial charge in [-0.05, 0) is 30.7 Å². The first-order chi connectivity index (χ1) is 8.58. The molecule has 0 saturated carbocycles. The average Bonchev–Trinajstić information content (AvgIpc) is 2.34. The van der Waals surface area contributed by atoms with Crippen molar-refractivity contribution < 1.29 is 19.1 Å². The number of rotatable bonds is 7. The average molecular weight is 316 g/mol. The van der Waals surface area contributed by atoms with Gasteiger partial charge in [-0.3, -0.25) is 9.59 Å². The summed E-state index contributed by atoms with van der Waals surface area (Å²) < 4.78 is 11.0. The van der Waals surface area contributed by atoms with E-state index in [0.29, 0.717) is 13.0 Å². The molecule has 0 unspecified atom stereocenters. The van der Waals surface area contributed by atoms with Gasteiger partial charge in [0.05, 0.1) is 6.61 Å². The quantitative estimate of drug-likeness (QED) is 0.613. The Morgan fingerprint density at radius 3 is 2.50 bits per heavy atom. The lowest BCUT2D eigenvalue weighted by atomic mass is 10.3. The molecule has 0 atom stereocenters. The van der Waals surface area contributed by atoms with Crippen molar-refractivity contribution in [2.75, 3.05) is 13.2 Å². The van der Waals surface area contributed by atoms with Crippen LogP contribution < -0.4 is 10.5 Å². The van der Waals surface area contributed by atoms with Crippen LogP contribution in [0.3, 0.4) is 0 Å². The highest BCUT2D eigenvalue weighted by Crippen LogP contribution is 2.16. The third-order valence-electron chi connectivity index (χ3n) is 1.98. The topological polar surface area (TPSA) is 78.6 Å². The number of benzene rings is 1. The second kappa shape index (κ2) is 7.71. The predicted octanol–water partition coefficient (Wildman–Crippen LogP) is 1.64. The third kappa shape index (κ3) is 6.24. The van der Waals surface area contributed by atoms with Crippen molar-refractivity contribution in [3.05, 3.63) is 28.7 Å². The lowest BCUT2D eigenvalue weighted by molar-refractivity contribution is -0.147. The summed E-state index contributed by atoms with van der Waals surface area (Å²) >= 11 is 3.32. The van der Waals surface area contributed by atoms with E-state index in [0.717, 1.165) is 10.2 Å². The van der Waals surface area contributed by atoms with E-state index in [4.69, 9.17) is 10.5 Å². The second-order valence-corrected chi connectivity index (χ2v) is 4.45. The monoisotopic (exact) mass is 315 g/mol. The summed E-state index contributed by atoms with van der Waals surface area (Å²) in [6.07, 6.45) is 0.720. The number of hydrogen-bond acceptors (Lipinski definition) is 4. The second-order valence-electron chi connectivity index (χ2n) is 3.53. The molecule has 2 N–H and O–H groups in total. The molecule has 0 aliphatic heterocycles. The van der Waals surface area contributed by atoms with Crippen LogP contribution in [0.4, 0.5) is 0 Å². The van der Waals surface area contributed by atoms with Crippen LogP contribution in [-0.4, -0.2) is 25.1 Å². The maximum atomic E-state index is 11.1. The molecule has 1 amide bonds. The molecule has 0 aromatic heterocycles. The molecule has 0 aliphatic carbocycles. The minimum atomic E-state index is -0.658.